The molecule has 1 aromatic carbocycles. The zero-order chi connectivity index (χ0) is 17.0. The first-order valence-electron chi connectivity index (χ1n) is 7.01. The van der Waals surface area contributed by atoms with Crippen LogP contribution < -0.4 is 4.72 Å². The monoisotopic (exact) mass is 345 g/mol. The lowest BCUT2D eigenvalue weighted by Crippen LogP contribution is -2.49. The summed E-state index contributed by atoms with van der Waals surface area (Å²) in [6.45, 7) is 0.0811. The van der Waals surface area contributed by atoms with Gasteiger partial charge in [-0.2, -0.15) is 0 Å². The third-order valence-electron chi connectivity index (χ3n) is 3.58. The fraction of sp³-hybridized carbons (Fsp3) is 0.500. The van der Waals surface area contributed by atoms with Gasteiger partial charge in [-0.25, -0.2) is 17.9 Å². The molecule has 3 N–H and O–H groups in total. The summed E-state index contributed by atoms with van der Waals surface area (Å²) >= 11 is 0. The van der Waals surface area contributed by atoms with Crippen molar-refractivity contribution in [2.24, 2.45) is 0 Å². The Balaban J connectivity index is 2.02. The minimum atomic E-state index is -3.82. The maximum atomic E-state index is 12.2. The van der Waals surface area contributed by atoms with E-state index < -0.39 is 34.3 Å². The summed E-state index contributed by atoms with van der Waals surface area (Å²) in [7, 11) is -2.59. The Kier molecular flexibility index (Phi) is 5.71. The minimum Gasteiger partial charge on any atom is -0.465 e. The number of carbonyl (C=O) groups excluding carboxylic acids is 1. The van der Waals surface area contributed by atoms with Crippen LogP contribution in [0.25, 0.3) is 0 Å². The average molecular weight is 345 g/mol. The molecule has 1 heterocycles. The van der Waals surface area contributed by atoms with Gasteiger partial charge < -0.3 is 19.7 Å². The molecule has 8 nitrogen and oxygen atoms in total. The standard InChI is InChI=1S/C14H19NO7S/c1-21-14(18)9-2-4-10(5-3-9)23(19,20)15-8-12-13(17)11(16)6-7-22-12/h2-5,11-13,15-17H,6-8H2,1H3/t11-,12-,13-/m1/s1. The van der Waals surface area contributed by atoms with Gasteiger partial charge in [0.1, 0.15) is 6.10 Å². The molecule has 9 heteroatoms. The largest absolute Gasteiger partial charge is 0.465 e. The third kappa shape index (κ3) is 4.27. The fourth-order valence-corrected chi connectivity index (χ4v) is 3.24. The van der Waals surface area contributed by atoms with Gasteiger partial charge in [0, 0.05) is 13.2 Å². The van der Waals surface area contributed by atoms with Gasteiger partial charge in [0.2, 0.25) is 10.0 Å². The molecule has 1 aliphatic rings. The minimum absolute atomic E-state index is 0.0315. The van der Waals surface area contributed by atoms with Gasteiger partial charge in [-0.1, -0.05) is 0 Å². The number of rotatable bonds is 5. The van der Waals surface area contributed by atoms with E-state index in [0.717, 1.165) is 0 Å². The normalized spacial score (nSPS) is 25.1. The molecule has 0 spiro atoms. The van der Waals surface area contributed by atoms with Crippen molar-refractivity contribution in [2.75, 3.05) is 20.3 Å². The molecule has 1 aromatic rings. The molecule has 0 bridgehead atoms. The lowest BCUT2D eigenvalue weighted by atomic mass is 10.0. The highest BCUT2D eigenvalue weighted by Crippen LogP contribution is 2.16. The van der Waals surface area contributed by atoms with Crippen molar-refractivity contribution in [3.63, 3.8) is 0 Å². The van der Waals surface area contributed by atoms with E-state index in [0.29, 0.717) is 6.42 Å². The van der Waals surface area contributed by atoms with Crippen molar-refractivity contribution in [3.05, 3.63) is 29.8 Å². The zero-order valence-corrected chi connectivity index (χ0v) is 13.3. The maximum absolute atomic E-state index is 12.2. The number of sulfonamides is 1. The highest BCUT2D eigenvalue weighted by Gasteiger charge is 2.32. The van der Waals surface area contributed by atoms with E-state index in [1.54, 1.807) is 0 Å². The second-order valence-electron chi connectivity index (χ2n) is 5.12. The first-order valence-corrected chi connectivity index (χ1v) is 8.49. The van der Waals surface area contributed by atoms with Crippen LogP contribution in [0, 0.1) is 0 Å². The number of hydrogen-bond donors (Lipinski definition) is 3. The molecule has 0 aliphatic carbocycles. The number of hydrogen-bond acceptors (Lipinski definition) is 7. The number of esters is 1. The molecule has 1 saturated heterocycles. The number of nitrogens with one attached hydrogen (secondary N) is 1. The fourth-order valence-electron chi connectivity index (χ4n) is 2.20. The van der Waals surface area contributed by atoms with Crippen molar-refractivity contribution in [1.29, 1.82) is 0 Å². The van der Waals surface area contributed by atoms with E-state index in [1.165, 1.54) is 31.4 Å². The van der Waals surface area contributed by atoms with E-state index in [1.807, 2.05) is 0 Å². The van der Waals surface area contributed by atoms with Gasteiger partial charge in [-0.15, -0.1) is 0 Å². The van der Waals surface area contributed by atoms with Crippen molar-refractivity contribution in [2.45, 2.75) is 29.6 Å². The van der Waals surface area contributed by atoms with Gasteiger partial charge >= 0.3 is 5.97 Å². The second kappa shape index (κ2) is 7.37. The summed E-state index contributed by atoms with van der Waals surface area (Å²) < 4.78 is 36.5. The first kappa shape index (κ1) is 17.8. The molecule has 0 unspecified atom stereocenters. The van der Waals surface area contributed by atoms with Gasteiger partial charge in [0.15, 0.2) is 0 Å². The number of aliphatic hydroxyl groups is 2. The molecular weight excluding hydrogens is 326 g/mol. The number of ether oxygens (including phenoxy) is 2. The highest BCUT2D eigenvalue weighted by molar-refractivity contribution is 7.89. The molecular formula is C14H19NO7S. The molecule has 0 aromatic heterocycles. The molecule has 2 rings (SSSR count). The summed E-state index contributed by atoms with van der Waals surface area (Å²) in [5, 5.41) is 19.3. The molecule has 1 fully saturated rings. The van der Waals surface area contributed by atoms with E-state index in [-0.39, 0.29) is 23.6 Å². The van der Waals surface area contributed by atoms with Crippen molar-refractivity contribution in [3.8, 4) is 0 Å². The Bertz CT molecular complexity index is 644. The van der Waals surface area contributed by atoms with E-state index in [2.05, 4.69) is 9.46 Å². The van der Waals surface area contributed by atoms with Crippen LogP contribution in [0.1, 0.15) is 16.8 Å². The van der Waals surface area contributed by atoms with Crippen LogP contribution >= 0.6 is 0 Å². The quantitative estimate of drug-likeness (QED) is 0.601. The van der Waals surface area contributed by atoms with Gasteiger partial charge in [0.05, 0.1) is 29.8 Å². The Morgan fingerprint density at radius 2 is 2.00 bits per heavy atom. The van der Waals surface area contributed by atoms with Crippen LogP contribution in [0.2, 0.25) is 0 Å². The van der Waals surface area contributed by atoms with Crippen LogP contribution in [0.4, 0.5) is 0 Å². The van der Waals surface area contributed by atoms with Gasteiger partial charge in [0.25, 0.3) is 0 Å². The summed E-state index contributed by atoms with van der Waals surface area (Å²) in [6.07, 6.45) is -2.59. The van der Waals surface area contributed by atoms with Gasteiger partial charge in [-0.05, 0) is 30.7 Å². The first-order chi connectivity index (χ1) is 10.8. The average Bonchev–Trinajstić information content (AvgIpc) is 2.55. The van der Waals surface area contributed by atoms with Crippen LogP contribution in [-0.2, 0) is 19.5 Å². The molecule has 23 heavy (non-hydrogen) atoms. The Morgan fingerprint density at radius 1 is 1.35 bits per heavy atom. The maximum Gasteiger partial charge on any atom is 0.337 e. The summed E-state index contributed by atoms with van der Waals surface area (Å²) in [4.78, 5) is 11.3. The highest BCUT2D eigenvalue weighted by atomic mass is 32.2. The molecule has 0 amide bonds. The smallest absolute Gasteiger partial charge is 0.337 e. The summed E-state index contributed by atoms with van der Waals surface area (Å²) in [6, 6.07) is 5.25. The van der Waals surface area contributed by atoms with Crippen molar-refractivity contribution in [1.82, 2.24) is 4.72 Å². The van der Waals surface area contributed by atoms with E-state index in [9.17, 15) is 23.4 Å². The Hall–Kier alpha value is -1.52. The molecule has 128 valence electrons. The van der Waals surface area contributed by atoms with Crippen LogP contribution in [0.5, 0.6) is 0 Å². The van der Waals surface area contributed by atoms with Crippen LogP contribution in [-0.4, -0.2) is 63.2 Å². The predicted octanol–water partition coefficient (Wildman–Crippen LogP) is -0.738. The molecule has 0 saturated carbocycles. The SMILES string of the molecule is COC(=O)c1ccc(S(=O)(=O)NC[C@H]2OCC[C@@H](O)[C@H]2O)cc1. The molecule has 1 aliphatic heterocycles. The molecule has 3 atom stereocenters. The van der Waals surface area contributed by atoms with Crippen LogP contribution in [0.3, 0.4) is 0 Å². The van der Waals surface area contributed by atoms with Gasteiger partial charge in [-0.3, -0.25) is 0 Å². The summed E-state index contributed by atoms with van der Waals surface area (Å²) in [5.41, 5.74) is 0.237. The second-order valence-corrected chi connectivity index (χ2v) is 6.89. The lowest BCUT2D eigenvalue weighted by Gasteiger charge is -2.31. The number of methoxy groups -OCH3 is 1. The van der Waals surface area contributed by atoms with E-state index in [4.69, 9.17) is 4.74 Å². The van der Waals surface area contributed by atoms with Crippen molar-refractivity contribution >= 4 is 16.0 Å². The topological polar surface area (TPSA) is 122 Å². The number of benzene rings is 1. The van der Waals surface area contributed by atoms with Crippen molar-refractivity contribution < 1.29 is 32.9 Å². The Labute approximate surface area is 134 Å². The molecule has 0 radical (unpaired) electrons. The lowest BCUT2D eigenvalue weighted by molar-refractivity contribution is -0.131. The number of aliphatic hydroxyl groups excluding tert-OH is 2. The zero-order valence-electron chi connectivity index (χ0n) is 12.5. The third-order valence-corrected chi connectivity index (χ3v) is 5.02. The Morgan fingerprint density at radius 3 is 2.61 bits per heavy atom. The summed E-state index contributed by atoms with van der Waals surface area (Å²) in [5.74, 6) is -0.561. The number of carbonyl (C=O) groups is 1. The van der Waals surface area contributed by atoms with Crippen LogP contribution in [0.15, 0.2) is 29.2 Å². The predicted molar refractivity (Wildman–Crippen MR) is 79.3 cm³/mol. The van der Waals surface area contributed by atoms with E-state index >= 15 is 0 Å².